The molecule has 2 unspecified atom stereocenters. The van der Waals surface area contributed by atoms with Gasteiger partial charge < -0.3 is 10.4 Å². The van der Waals surface area contributed by atoms with E-state index in [1.165, 1.54) is 5.56 Å². The lowest BCUT2D eigenvalue weighted by Crippen LogP contribution is -2.24. The van der Waals surface area contributed by atoms with Crippen LogP contribution in [0, 0.1) is 0 Å². The molecule has 0 amide bonds. The zero-order valence-corrected chi connectivity index (χ0v) is 11.6. The number of rotatable bonds is 5. The van der Waals surface area contributed by atoms with E-state index in [-0.39, 0.29) is 6.04 Å². The van der Waals surface area contributed by atoms with Crippen LogP contribution in [0.1, 0.15) is 30.2 Å². The SMILES string of the molecule is CC(NCC(O)c1ccccc1Cl)c1ccccc1. The van der Waals surface area contributed by atoms with Gasteiger partial charge in [-0.2, -0.15) is 0 Å². The van der Waals surface area contributed by atoms with E-state index in [0.29, 0.717) is 11.6 Å². The summed E-state index contributed by atoms with van der Waals surface area (Å²) in [5.41, 5.74) is 1.96. The summed E-state index contributed by atoms with van der Waals surface area (Å²) in [5, 5.41) is 14.1. The molecule has 0 radical (unpaired) electrons. The molecule has 2 nitrogen and oxygen atoms in total. The highest BCUT2D eigenvalue weighted by molar-refractivity contribution is 6.31. The molecule has 2 rings (SSSR count). The second-order valence-corrected chi connectivity index (χ2v) is 4.99. The molecule has 3 heteroatoms. The summed E-state index contributed by atoms with van der Waals surface area (Å²) in [5.74, 6) is 0. The van der Waals surface area contributed by atoms with Gasteiger partial charge in [0.1, 0.15) is 0 Å². The number of hydrogen-bond donors (Lipinski definition) is 2. The largest absolute Gasteiger partial charge is 0.387 e. The maximum absolute atomic E-state index is 10.2. The Labute approximate surface area is 119 Å². The van der Waals surface area contributed by atoms with E-state index in [2.05, 4.69) is 24.4 Å². The van der Waals surface area contributed by atoms with E-state index in [1.807, 2.05) is 36.4 Å². The molecule has 100 valence electrons. The molecule has 19 heavy (non-hydrogen) atoms. The van der Waals surface area contributed by atoms with Gasteiger partial charge in [-0.1, -0.05) is 60.1 Å². The van der Waals surface area contributed by atoms with Crippen molar-refractivity contribution in [1.29, 1.82) is 0 Å². The molecule has 0 aliphatic rings. The Morgan fingerprint density at radius 1 is 1.05 bits per heavy atom. The third-order valence-electron chi connectivity index (χ3n) is 3.18. The molecule has 0 saturated carbocycles. The van der Waals surface area contributed by atoms with Gasteiger partial charge in [-0.25, -0.2) is 0 Å². The average Bonchev–Trinajstić information content (AvgIpc) is 2.46. The van der Waals surface area contributed by atoms with Crippen molar-refractivity contribution in [2.75, 3.05) is 6.54 Å². The van der Waals surface area contributed by atoms with Gasteiger partial charge in [0.2, 0.25) is 0 Å². The third kappa shape index (κ3) is 3.80. The highest BCUT2D eigenvalue weighted by atomic mass is 35.5. The molecule has 0 fully saturated rings. The van der Waals surface area contributed by atoms with Gasteiger partial charge in [-0.3, -0.25) is 0 Å². The van der Waals surface area contributed by atoms with Crippen molar-refractivity contribution in [2.45, 2.75) is 19.1 Å². The highest BCUT2D eigenvalue weighted by Crippen LogP contribution is 2.22. The molecular weight excluding hydrogens is 258 g/mol. The molecule has 0 heterocycles. The second kappa shape index (κ2) is 6.71. The fraction of sp³-hybridized carbons (Fsp3) is 0.250. The highest BCUT2D eigenvalue weighted by Gasteiger charge is 2.12. The molecule has 0 bridgehead atoms. The Morgan fingerprint density at radius 2 is 1.68 bits per heavy atom. The van der Waals surface area contributed by atoms with E-state index in [1.54, 1.807) is 6.07 Å². The van der Waals surface area contributed by atoms with Crippen molar-refractivity contribution in [3.8, 4) is 0 Å². The molecular formula is C16H18ClNO. The van der Waals surface area contributed by atoms with Crippen LogP contribution in [0.2, 0.25) is 5.02 Å². The molecule has 0 aromatic heterocycles. The summed E-state index contributed by atoms with van der Waals surface area (Å²) in [6.07, 6.45) is -0.597. The lowest BCUT2D eigenvalue weighted by molar-refractivity contribution is 0.171. The summed E-state index contributed by atoms with van der Waals surface area (Å²) in [4.78, 5) is 0. The third-order valence-corrected chi connectivity index (χ3v) is 3.53. The number of aliphatic hydroxyl groups excluding tert-OH is 1. The van der Waals surface area contributed by atoms with Crippen LogP contribution in [0.5, 0.6) is 0 Å². The fourth-order valence-electron chi connectivity index (χ4n) is 2.00. The number of benzene rings is 2. The van der Waals surface area contributed by atoms with E-state index in [9.17, 15) is 5.11 Å². The van der Waals surface area contributed by atoms with E-state index in [4.69, 9.17) is 11.6 Å². The molecule has 2 N–H and O–H groups in total. The molecule has 0 aliphatic carbocycles. The molecule has 0 spiro atoms. The topological polar surface area (TPSA) is 32.3 Å². The fourth-order valence-corrected chi connectivity index (χ4v) is 2.26. The van der Waals surface area contributed by atoms with E-state index < -0.39 is 6.10 Å². The lowest BCUT2D eigenvalue weighted by Gasteiger charge is -2.18. The second-order valence-electron chi connectivity index (χ2n) is 4.58. The Morgan fingerprint density at radius 3 is 2.37 bits per heavy atom. The van der Waals surface area contributed by atoms with Crippen LogP contribution in [0.25, 0.3) is 0 Å². The van der Waals surface area contributed by atoms with Crippen LogP contribution in [0.3, 0.4) is 0 Å². The first-order chi connectivity index (χ1) is 9.18. The summed E-state index contributed by atoms with van der Waals surface area (Å²) in [7, 11) is 0. The zero-order valence-electron chi connectivity index (χ0n) is 10.9. The van der Waals surface area contributed by atoms with Gasteiger partial charge in [0.25, 0.3) is 0 Å². The molecule has 0 saturated heterocycles. The predicted octanol–water partition coefficient (Wildman–Crippen LogP) is 3.72. The number of hydrogen-bond acceptors (Lipinski definition) is 2. The Balaban J connectivity index is 1.94. The Bertz CT molecular complexity index is 515. The van der Waals surface area contributed by atoms with E-state index in [0.717, 1.165) is 5.56 Å². The summed E-state index contributed by atoms with van der Waals surface area (Å²) in [6, 6.07) is 17.7. The quantitative estimate of drug-likeness (QED) is 0.872. The van der Waals surface area contributed by atoms with Gasteiger partial charge in [0, 0.05) is 23.2 Å². The standard InChI is InChI=1S/C16H18ClNO/c1-12(13-7-3-2-4-8-13)18-11-16(19)14-9-5-6-10-15(14)17/h2-10,12,16,18-19H,11H2,1H3. The van der Waals surface area contributed by atoms with Crippen LogP contribution in [-0.2, 0) is 0 Å². The van der Waals surface area contributed by atoms with Crippen molar-refractivity contribution in [3.63, 3.8) is 0 Å². The number of aliphatic hydroxyl groups is 1. The lowest BCUT2D eigenvalue weighted by atomic mass is 10.1. The van der Waals surface area contributed by atoms with Crippen molar-refractivity contribution < 1.29 is 5.11 Å². The van der Waals surface area contributed by atoms with Crippen LogP contribution >= 0.6 is 11.6 Å². The van der Waals surface area contributed by atoms with Gasteiger partial charge in [0.05, 0.1) is 6.10 Å². The first-order valence-electron chi connectivity index (χ1n) is 6.39. The Kier molecular flexibility index (Phi) is 4.97. The minimum atomic E-state index is -0.597. The maximum Gasteiger partial charge on any atom is 0.0928 e. The van der Waals surface area contributed by atoms with Crippen molar-refractivity contribution in [2.24, 2.45) is 0 Å². The van der Waals surface area contributed by atoms with Crippen LogP contribution < -0.4 is 5.32 Å². The van der Waals surface area contributed by atoms with E-state index >= 15 is 0 Å². The van der Waals surface area contributed by atoms with Crippen molar-refractivity contribution >= 4 is 11.6 Å². The molecule has 2 atom stereocenters. The smallest absolute Gasteiger partial charge is 0.0928 e. The monoisotopic (exact) mass is 275 g/mol. The van der Waals surface area contributed by atoms with Crippen LogP contribution in [0.15, 0.2) is 54.6 Å². The van der Waals surface area contributed by atoms with Crippen LogP contribution in [-0.4, -0.2) is 11.7 Å². The van der Waals surface area contributed by atoms with Gasteiger partial charge in [0.15, 0.2) is 0 Å². The minimum Gasteiger partial charge on any atom is -0.387 e. The average molecular weight is 276 g/mol. The Hall–Kier alpha value is -1.35. The summed E-state index contributed by atoms with van der Waals surface area (Å²) < 4.78 is 0. The first kappa shape index (κ1) is 14.1. The molecule has 0 aliphatic heterocycles. The number of halogens is 1. The predicted molar refractivity (Wildman–Crippen MR) is 79.3 cm³/mol. The summed E-state index contributed by atoms with van der Waals surface area (Å²) in [6.45, 7) is 2.55. The first-order valence-corrected chi connectivity index (χ1v) is 6.77. The molecule has 2 aromatic carbocycles. The number of nitrogens with one attached hydrogen (secondary N) is 1. The summed E-state index contributed by atoms with van der Waals surface area (Å²) >= 11 is 6.06. The normalized spacial score (nSPS) is 14.1. The maximum atomic E-state index is 10.2. The van der Waals surface area contributed by atoms with Crippen LogP contribution in [0.4, 0.5) is 0 Å². The van der Waals surface area contributed by atoms with Crippen molar-refractivity contribution in [3.05, 3.63) is 70.7 Å². The zero-order chi connectivity index (χ0) is 13.7. The molecule has 2 aromatic rings. The van der Waals surface area contributed by atoms with Crippen molar-refractivity contribution in [1.82, 2.24) is 5.32 Å². The van der Waals surface area contributed by atoms with Gasteiger partial charge >= 0.3 is 0 Å². The van der Waals surface area contributed by atoms with Gasteiger partial charge in [-0.15, -0.1) is 0 Å². The minimum absolute atomic E-state index is 0.193. The van der Waals surface area contributed by atoms with Gasteiger partial charge in [-0.05, 0) is 18.6 Å².